The lowest BCUT2D eigenvalue weighted by Crippen LogP contribution is -2.40. The van der Waals surface area contributed by atoms with E-state index in [0.29, 0.717) is 5.69 Å². The number of rotatable bonds is 5. The van der Waals surface area contributed by atoms with Crippen molar-refractivity contribution < 1.29 is 8.42 Å². The Morgan fingerprint density at radius 1 is 1.00 bits per heavy atom. The van der Waals surface area contributed by atoms with Crippen molar-refractivity contribution in [1.29, 1.82) is 0 Å². The third-order valence-corrected chi connectivity index (χ3v) is 7.89. The molecule has 0 unspecified atom stereocenters. The van der Waals surface area contributed by atoms with Gasteiger partial charge in [0.05, 0.1) is 21.8 Å². The summed E-state index contributed by atoms with van der Waals surface area (Å²) in [5.41, 5.74) is -0.123. The molecule has 2 aliphatic carbocycles. The van der Waals surface area contributed by atoms with Crippen LogP contribution in [0.3, 0.4) is 0 Å². The highest BCUT2D eigenvalue weighted by atomic mass is 35.5. The summed E-state index contributed by atoms with van der Waals surface area (Å²) >= 11 is 11.7. The maximum atomic E-state index is 13.2. The van der Waals surface area contributed by atoms with Crippen LogP contribution in [0.25, 0.3) is 5.69 Å². The van der Waals surface area contributed by atoms with Gasteiger partial charge in [-0.1, -0.05) is 36.0 Å². The van der Waals surface area contributed by atoms with E-state index in [2.05, 4.69) is 5.10 Å². The molecule has 9 heteroatoms. The first-order valence-electron chi connectivity index (χ1n) is 8.97. The normalized spacial score (nSPS) is 18.3. The zero-order valence-corrected chi connectivity index (χ0v) is 16.8. The number of benzene rings is 1. The van der Waals surface area contributed by atoms with Gasteiger partial charge in [-0.15, -0.1) is 0 Å². The molecule has 0 atom stereocenters. The first kappa shape index (κ1) is 18.9. The van der Waals surface area contributed by atoms with Crippen molar-refractivity contribution in [3.63, 3.8) is 0 Å². The summed E-state index contributed by atoms with van der Waals surface area (Å²) < 4.78 is 29.3. The van der Waals surface area contributed by atoms with Crippen molar-refractivity contribution in [3.05, 3.63) is 50.9 Å². The zero-order valence-electron chi connectivity index (χ0n) is 14.5. The Balaban J connectivity index is 1.67. The summed E-state index contributed by atoms with van der Waals surface area (Å²) in [7, 11) is -3.57. The van der Waals surface area contributed by atoms with Crippen LogP contribution in [0.5, 0.6) is 0 Å². The molecular formula is C18H19Cl2N3O3S. The maximum absolute atomic E-state index is 13.2. The molecule has 1 aromatic carbocycles. The Bertz CT molecular complexity index is 1010. The van der Waals surface area contributed by atoms with Crippen LogP contribution in [0.15, 0.2) is 40.2 Å². The predicted octanol–water partition coefficient (Wildman–Crippen LogP) is 3.64. The van der Waals surface area contributed by atoms with E-state index in [9.17, 15) is 13.2 Å². The van der Waals surface area contributed by atoms with E-state index in [0.717, 1.165) is 43.2 Å². The van der Waals surface area contributed by atoms with Crippen LogP contribution in [0.1, 0.15) is 38.5 Å². The fraction of sp³-hybridized carbons (Fsp3) is 0.444. The number of nitrogens with zero attached hydrogens (tertiary/aromatic N) is 3. The lowest BCUT2D eigenvalue weighted by atomic mass is 10.2. The Labute approximate surface area is 167 Å². The molecular weight excluding hydrogens is 409 g/mol. The molecule has 144 valence electrons. The first-order valence-corrected chi connectivity index (χ1v) is 11.2. The fourth-order valence-electron chi connectivity index (χ4n) is 3.66. The molecule has 1 heterocycles. The van der Waals surface area contributed by atoms with Crippen LogP contribution < -0.4 is 5.56 Å². The smallest absolute Gasteiger partial charge is 0.266 e. The monoisotopic (exact) mass is 427 g/mol. The van der Waals surface area contributed by atoms with E-state index < -0.39 is 15.6 Å². The average Bonchev–Trinajstić information content (AvgIpc) is 3.33. The third kappa shape index (κ3) is 3.53. The molecule has 0 aliphatic heterocycles. The average molecular weight is 428 g/mol. The van der Waals surface area contributed by atoms with Crippen LogP contribution in [-0.2, 0) is 10.0 Å². The van der Waals surface area contributed by atoms with Crippen molar-refractivity contribution in [2.24, 2.45) is 0 Å². The number of hydrogen-bond acceptors (Lipinski definition) is 4. The summed E-state index contributed by atoms with van der Waals surface area (Å²) in [6.07, 6.45) is 7.15. The second-order valence-corrected chi connectivity index (χ2v) is 9.65. The Kier molecular flexibility index (Phi) is 5.05. The number of aromatic nitrogens is 2. The van der Waals surface area contributed by atoms with E-state index in [1.807, 2.05) is 0 Å². The van der Waals surface area contributed by atoms with Crippen LogP contribution >= 0.6 is 23.2 Å². The van der Waals surface area contributed by atoms with Gasteiger partial charge in [-0.05, 0) is 49.9 Å². The maximum Gasteiger partial charge on any atom is 0.291 e. The summed E-state index contributed by atoms with van der Waals surface area (Å²) in [6, 6.07) is 6.38. The standard InChI is InChI=1S/C18H19Cl2N3O3S/c19-16-11-21-22(18(24)17(16)20)12-7-9-15(10-8-12)27(25,26)23(14-5-6-14)13-3-1-2-4-13/h7-11,13-14H,1-6H2. The SMILES string of the molecule is O=c1c(Cl)c(Cl)cnn1-c1ccc(S(=O)(=O)N(C2CCCC2)C2CC2)cc1. The lowest BCUT2D eigenvalue weighted by Gasteiger charge is -2.28. The van der Waals surface area contributed by atoms with Gasteiger partial charge < -0.3 is 0 Å². The molecule has 4 rings (SSSR count). The molecule has 2 saturated carbocycles. The molecule has 0 saturated heterocycles. The second kappa shape index (κ2) is 7.20. The number of sulfonamides is 1. The van der Waals surface area contributed by atoms with Gasteiger partial charge in [-0.2, -0.15) is 14.1 Å². The Hall–Kier alpha value is -1.41. The molecule has 0 radical (unpaired) electrons. The highest BCUT2D eigenvalue weighted by Gasteiger charge is 2.43. The van der Waals surface area contributed by atoms with Gasteiger partial charge in [0.15, 0.2) is 0 Å². The summed E-state index contributed by atoms with van der Waals surface area (Å²) in [6.45, 7) is 0. The fourth-order valence-corrected chi connectivity index (χ4v) is 5.84. The largest absolute Gasteiger partial charge is 0.291 e. The van der Waals surface area contributed by atoms with E-state index in [-0.39, 0.29) is 27.0 Å². The van der Waals surface area contributed by atoms with Crippen molar-refractivity contribution in [3.8, 4) is 5.69 Å². The van der Waals surface area contributed by atoms with Gasteiger partial charge in [0.1, 0.15) is 5.02 Å². The van der Waals surface area contributed by atoms with E-state index in [1.165, 1.54) is 18.3 Å². The van der Waals surface area contributed by atoms with Gasteiger partial charge in [0.25, 0.3) is 5.56 Å². The highest BCUT2D eigenvalue weighted by molar-refractivity contribution is 7.89. The van der Waals surface area contributed by atoms with Crippen molar-refractivity contribution in [2.75, 3.05) is 0 Å². The Morgan fingerprint density at radius 2 is 1.59 bits per heavy atom. The van der Waals surface area contributed by atoms with E-state index >= 15 is 0 Å². The molecule has 0 amide bonds. The quantitative estimate of drug-likeness (QED) is 0.729. The summed E-state index contributed by atoms with van der Waals surface area (Å²) in [5.74, 6) is 0. The van der Waals surface area contributed by atoms with Gasteiger partial charge >= 0.3 is 0 Å². The van der Waals surface area contributed by atoms with E-state index in [4.69, 9.17) is 23.2 Å². The van der Waals surface area contributed by atoms with Crippen LogP contribution in [-0.4, -0.2) is 34.6 Å². The van der Waals surface area contributed by atoms with Gasteiger partial charge in [0.2, 0.25) is 10.0 Å². The summed E-state index contributed by atoms with van der Waals surface area (Å²) in [5, 5.41) is 3.92. The predicted molar refractivity (Wildman–Crippen MR) is 104 cm³/mol. The van der Waals surface area contributed by atoms with Crippen molar-refractivity contribution in [2.45, 2.75) is 55.5 Å². The minimum Gasteiger partial charge on any atom is -0.266 e. The number of hydrogen-bond donors (Lipinski definition) is 0. The van der Waals surface area contributed by atoms with Crippen molar-refractivity contribution >= 4 is 33.2 Å². The molecule has 0 N–H and O–H groups in total. The minimum atomic E-state index is -3.57. The second-order valence-electron chi connectivity index (χ2n) is 7.02. The molecule has 0 bridgehead atoms. The molecule has 6 nitrogen and oxygen atoms in total. The third-order valence-electron chi connectivity index (χ3n) is 5.12. The van der Waals surface area contributed by atoms with Crippen molar-refractivity contribution in [1.82, 2.24) is 14.1 Å². The zero-order chi connectivity index (χ0) is 19.2. The molecule has 0 spiro atoms. The highest BCUT2D eigenvalue weighted by Crippen LogP contribution is 2.38. The van der Waals surface area contributed by atoms with Gasteiger partial charge in [0, 0.05) is 12.1 Å². The van der Waals surface area contributed by atoms with Crippen LogP contribution in [0, 0.1) is 0 Å². The number of halogens is 2. The minimum absolute atomic E-state index is 0.0775. The molecule has 1 aromatic heterocycles. The summed E-state index contributed by atoms with van der Waals surface area (Å²) in [4.78, 5) is 12.4. The molecule has 27 heavy (non-hydrogen) atoms. The first-order chi connectivity index (χ1) is 12.9. The lowest BCUT2D eigenvalue weighted by molar-refractivity contribution is 0.314. The molecule has 2 fully saturated rings. The van der Waals surface area contributed by atoms with E-state index in [1.54, 1.807) is 16.4 Å². The molecule has 2 aromatic rings. The van der Waals surface area contributed by atoms with Crippen LogP contribution in [0.4, 0.5) is 0 Å². The van der Waals surface area contributed by atoms with Crippen LogP contribution in [0.2, 0.25) is 10.0 Å². The van der Waals surface area contributed by atoms with Gasteiger partial charge in [-0.3, -0.25) is 4.79 Å². The van der Waals surface area contributed by atoms with Gasteiger partial charge in [-0.25, -0.2) is 8.42 Å². The Morgan fingerprint density at radius 3 is 2.19 bits per heavy atom. The molecule has 2 aliphatic rings. The topological polar surface area (TPSA) is 72.3 Å².